The standard InChI is InChI=1S/C11H13F3O/c1-3-8-7-9(11(12,13)14)5-6-10(8)15-4-2/h5-7H,3-4H2,1-2H3. The van der Waals surface area contributed by atoms with Gasteiger partial charge in [0.25, 0.3) is 0 Å². The third-order valence-electron chi connectivity index (χ3n) is 2.07. The van der Waals surface area contributed by atoms with Gasteiger partial charge < -0.3 is 4.74 Å². The van der Waals surface area contributed by atoms with Crippen LogP contribution in [0.2, 0.25) is 0 Å². The maximum atomic E-state index is 12.4. The van der Waals surface area contributed by atoms with Gasteiger partial charge in [0.05, 0.1) is 12.2 Å². The van der Waals surface area contributed by atoms with Gasteiger partial charge in [0.2, 0.25) is 0 Å². The molecule has 0 N–H and O–H groups in total. The minimum absolute atomic E-state index is 0.457. The summed E-state index contributed by atoms with van der Waals surface area (Å²) >= 11 is 0. The molecule has 1 nitrogen and oxygen atoms in total. The van der Waals surface area contributed by atoms with Crippen molar-refractivity contribution in [2.24, 2.45) is 0 Å². The molecule has 15 heavy (non-hydrogen) atoms. The van der Waals surface area contributed by atoms with Crippen LogP contribution in [0.3, 0.4) is 0 Å². The highest BCUT2D eigenvalue weighted by Crippen LogP contribution is 2.32. The number of alkyl halides is 3. The Balaban J connectivity index is 3.08. The van der Waals surface area contributed by atoms with E-state index in [1.165, 1.54) is 6.07 Å². The zero-order valence-electron chi connectivity index (χ0n) is 8.69. The Kier molecular flexibility index (Phi) is 3.61. The summed E-state index contributed by atoms with van der Waals surface area (Å²) in [7, 11) is 0. The summed E-state index contributed by atoms with van der Waals surface area (Å²) in [6.07, 6.45) is -3.76. The highest BCUT2D eigenvalue weighted by atomic mass is 19.4. The summed E-state index contributed by atoms with van der Waals surface area (Å²) in [5.41, 5.74) is -0.0329. The van der Waals surface area contributed by atoms with Crippen molar-refractivity contribution in [3.8, 4) is 5.75 Å². The van der Waals surface area contributed by atoms with E-state index < -0.39 is 11.7 Å². The first-order valence-corrected chi connectivity index (χ1v) is 4.82. The molecular weight excluding hydrogens is 205 g/mol. The minimum Gasteiger partial charge on any atom is -0.494 e. The molecule has 0 aliphatic rings. The molecule has 0 bridgehead atoms. The van der Waals surface area contributed by atoms with Crippen LogP contribution < -0.4 is 4.74 Å². The van der Waals surface area contributed by atoms with E-state index in [9.17, 15) is 13.2 Å². The normalized spacial score (nSPS) is 11.5. The van der Waals surface area contributed by atoms with Gasteiger partial charge in [0, 0.05) is 0 Å². The Bertz CT molecular complexity index is 331. The number of aryl methyl sites for hydroxylation is 1. The van der Waals surface area contributed by atoms with E-state index in [0.717, 1.165) is 12.1 Å². The topological polar surface area (TPSA) is 9.23 Å². The van der Waals surface area contributed by atoms with E-state index in [-0.39, 0.29) is 0 Å². The molecule has 0 spiro atoms. The molecule has 1 aromatic rings. The molecule has 0 aliphatic heterocycles. The summed E-state index contributed by atoms with van der Waals surface area (Å²) in [4.78, 5) is 0. The molecule has 0 saturated carbocycles. The number of ether oxygens (including phenoxy) is 1. The lowest BCUT2D eigenvalue weighted by Crippen LogP contribution is -2.06. The number of rotatable bonds is 3. The molecule has 0 fully saturated rings. The second kappa shape index (κ2) is 4.55. The van der Waals surface area contributed by atoms with Gasteiger partial charge >= 0.3 is 6.18 Å². The molecular formula is C11H13F3O. The first-order valence-electron chi connectivity index (χ1n) is 4.82. The summed E-state index contributed by atoms with van der Waals surface area (Å²) in [6, 6.07) is 3.57. The summed E-state index contributed by atoms with van der Waals surface area (Å²) in [5, 5.41) is 0. The number of halogens is 3. The molecule has 0 aromatic heterocycles. The van der Waals surface area contributed by atoms with E-state index in [1.54, 1.807) is 13.8 Å². The fourth-order valence-corrected chi connectivity index (χ4v) is 1.33. The van der Waals surface area contributed by atoms with Gasteiger partial charge in [0.1, 0.15) is 5.75 Å². The lowest BCUT2D eigenvalue weighted by molar-refractivity contribution is -0.137. The Hall–Kier alpha value is -1.19. The SMILES string of the molecule is CCOc1ccc(C(F)(F)F)cc1CC. The van der Waals surface area contributed by atoms with Crippen molar-refractivity contribution in [1.29, 1.82) is 0 Å². The van der Waals surface area contributed by atoms with Crippen LogP contribution in [0.1, 0.15) is 25.0 Å². The van der Waals surface area contributed by atoms with Crippen LogP contribution in [0.4, 0.5) is 13.2 Å². The van der Waals surface area contributed by atoms with Crippen molar-refractivity contribution >= 4 is 0 Å². The zero-order valence-corrected chi connectivity index (χ0v) is 8.69. The van der Waals surface area contributed by atoms with Gasteiger partial charge in [-0.3, -0.25) is 0 Å². The lowest BCUT2D eigenvalue weighted by atomic mass is 10.1. The van der Waals surface area contributed by atoms with Gasteiger partial charge in [-0.2, -0.15) is 13.2 Å². The fraction of sp³-hybridized carbons (Fsp3) is 0.455. The van der Waals surface area contributed by atoms with Crippen LogP contribution in [-0.4, -0.2) is 6.61 Å². The van der Waals surface area contributed by atoms with Crippen molar-refractivity contribution in [2.45, 2.75) is 26.4 Å². The van der Waals surface area contributed by atoms with Gasteiger partial charge in [-0.25, -0.2) is 0 Å². The van der Waals surface area contributed by atoms with Crippen LogP contribution in [0, 0.1) is 0 Å². The molecule has 0 radical (unpaired) electrons. The van der Waals surface area contributed by atoms with Gasteiger partial charge in [-0.05, 0) is 37.1 Å². The van der Waals surface area contributed by atoms with Gasteiger partial charge in [-0.15, -0.1) is 0 Å². The zero-order chi connectivity index (χ0) is 11.5. The molecule has 1 aromatic carbocycles. The first-order chi connectivity index (χ1) is 6.99. The van der Waals surface area contributed by atoms with Crippen molar-refractivity contribution in [1.82, 2.24) is 0 Å². The van der Waals surface area contributed by atoms with Gasteiger partial charge in [0.15, 0.2) is 0 Å². The Labute approximate surface area is 86.9 Å². The van der Waals surface area contributed by atoms with E-state index >= 15 is 0 Å². The monoisotopic (exact) mass is 218 g/mol. The highest BCUT2D eigenvalue weighted by Gasteiger charge is 2.30. The smallest absolute Gasteiger partial charge is 0.416 e. The molecule has 0 saturated heterocycles. The predicted octanol–water partition coefficient (Wildman–Crippen LogP) is 3.67. The average Bonchev–Trinajstić information content (AvgIpc) is 2.17. The molecule has 0 heterocycles. The quantitative estimate of drug-likeness (QED) is 0.752. The summed E-state index contributed by atoms with van der Waals surface area (Å²) < 4.78 is 42.4. The average molecular weight is 218 g/mol. The van der Waals surface area contributed by atoms with Crippen LogP contribution in [0.5, 0.6) is 5.75 Å². The van der Waals surface area contributed by atoms with Crippen LogP contribution in [0.25, 0.3) is 0 Å². The van der Waals surface area contributed by atoms with E-state index in [1.807, 2.05) is 0 Å². The molecule has 84 valence electrons. The van der Waals surface area contributed by atoms with Crippen LogP contribution >= 0.6 is 0 Å². The van der Waals surface area contributed by atoms with E-state index in [2.05, 4.69) is 0 Å². The molecule has 0 unspecified atom stereocenters. The molecule has 0 aliphatic carbocycles. The second-order valence-corrected chi connectivity index (χ2v) is 3.11. The van der Waals surface area contributed by atoms with Crippen LogP contribution in [0.15, 0.2) is 18.2 Å². The maximum Gasteiger partial charge on any atom is 0.416 e. The lowest BCUT2D eigenvalue weighted by Gasteiger charge is -2.12. The fourth-order valence-electron chi connectivity index (χ4n) is 1.33. The molecule has 0 amide bonds. The van der Waals surface area contributed by atoms with Crippen molar-refractivity contribution in [2.75, 3.05) is 6.61 Å². The predicted molar refractivity (Wildman–Crippen MR) is 52.0 cm³/mol. The largest absolute Gasteiger partial charge is 0.494 e. The number of hydrogen-bond donors (Lipinski definition) is 0. The number of hydrogen-bond acceptors (Lipinski definition) is 1. The highest BCUT2D eigenvalue weighted by molar-refractivity contribution is 5.38. The van der Waals surface area contributed by atoms with Crippen molar-refractivity contribution < 1.29 is 17.9 Å². The molecule has 1 rings (SSSR count). The Morgan fingerprint density at radius 3 is 2.33 bits per heavy atom. The first kappa shape index (κ1) is 11.9. The van der Waals surface area contributed by atoms with Crippen molar-refractivity contribution in [3.05, 3.63) is 29.3 Å². The van der Waals surface area contributed by atoms with Gasteiger partial charge in [-0.1, -0.05) is 6.92 Å². The third-order valence-corrected chi connectivity index (χ3v) is 2.07. The summed E-state index contributed by atoms with van der Waals surface area (Å²) in [6.45, 7) is 4.06. The van der Waals surface area contributed by atoms with Crippen LogP contribution in [-0.2, 0) is 12.6 Å². The summed E-state index contributed by atoms with van der Waals surface area (Å²) in [5.74, 6) is 0.535. The van der Waals surface area contributed by atoms with Crippen molar-refractivity contribution in [3.63, 3.8) is 0 Å². The van der Waals surface area contributed by atoms with E-state index in [0.29, 0.717) is 24.3 Å². The molecule has 0 atom stereocenters. The van der Waals surface area contributed by atoms with E-state index in [4.69, 9.17) is 4.74 Å². The Morgan fingerprint density at radius 2 is 1.87 bits per heavy atom. The molecule has 4 heteroatoms. The third kappa shape index (κ3) is 2.88. The minimum atomic E-state index is -4.28. The second-order valence-electron chi connectivity index (χ2n) is 3.11. The number of benzene rings is 1. The Morgan fingerprint density at radius 1 is 1.20 bits per heavy atom. The maximum absolute atomic E-state index is 12.4.